The smallest absolute Gasteiger partial charge is 0.142 e. The van der Waals surface area contributed by atoms with Crippen LogP contribution < -0.4 is 5.32 Å². The fourth-order valence-corrected chi connectivity index (χ4v) is 2.15. The topological polar surface area (TPSA) is 60.9 Å². The first kappa shape index (κ1) is 15.0. The van der Waals surface area contributed by atoms with Crippen LogP contribution in [0.5, 0.6) is 0 Å². The Morgan fingerprint density at radius 1 is 1.50 bits per heavy atom. The maximum absolute atomic E-state index is 13.3. The molecule has 1 heterocycles. The van der Waals surface area contributed by atoms with Crippen LogP contribution in [0.25, 0.3) is 0 Å². The number of H-pyrrole nitrogens is 1. The van der Waals surface area contributed by atoms with Crippen molar-refractivity contribution >= 4 is 11.6 Å². The van der Waals surface area contributed by atoms with Crippen LogP contribution in [0.1, 0.15) is 35.9 Å². The molecule has 1 aromatic heterocycles. The first-order valence-corrected chi connectivity index (χ1v) is 6.73. The fourth-order valence-electron chi connectivity index (χ4n) is 2.03. The van der Waals surface area contributed by atoms with Gasteiger partial charge in [-0.2, -0.15) is 5.10 Å². The molecular formula is C14H17ClFN3O. The second kappa shape index (κ2) is 6.35. The minimum Gasteiger partial charge on any atom is -0.387 e. The number of hydrogen-bond acceptors (Lipinski definition) is 3. The average molecular weight is 298 g/mol. The maximum atomic E-state index is 13.3. The summed E-state index contributed by atoms with van der Waals surface area (Å²) in [6, 6.07) is 4.35. The Hall–Kier alpha value is -1.43. The van der Waals surface area contributed by atoms with E-state index in [0.717, 1.165) is 11.3 Å². The van der Waals surface area contributed by atoms with Gasteiger partial charge in [0, 0.05) is 23.8 Å². The van der Waals surface area contributed by atoms with Gasteiger partial charge >= 0.3 is 0 Å². The highest BCUT2D eigenvalue weighted by atomic mass is 35.5. The molecule has 2 unspecified atom stereocenters. The predicted molar refractivity (Wildman–Crippen MR) is 76.1 cm³/mol. The van der Waals surface area contributed by atoms with Crippen LogP contribution in [0.4, 0.5) is 4.39 Å². The molecular weight excluding hydrogens is 281 g/mol. The summed E-state index contributed by atoms with van der Waals surface area (Å²) in [5, 5.41) is 20.1. The largest absolute Gasteiger partial charge is 0.387 e. The third-order valence-electron chi connectivity index (χ3n) is 3.28. The molecule has 2 rings (SSSR count). The van der Waals surface area contributed by atoms with Crippen molar-refractivity contribution < 1.29 is 9.50 Å². The molecule has 0 bridgehead atoms. The van der Waals surface area contributed by atoms with Crippen LogP contribution in [0, 0.1) is 12.7 Å². The summed E-state index contributed by atoms with van der Waals surface area (Å²) in [6.07, 6.45) is 0.956. The third kappa shape index (κ3) is 3.36. The van der Waals surface area contributed by atoms with E-state index in [0.29, 0.717) is 12.1 Å². The molecule has 20 heavy (non-hydrogen) atoms. The molecule has 0 aliphatic carbocycles. The van der Waals surface area contributed by atoms with Crippen LogP contribution >= 0.6 is 11.6 Å². The van der Waals surface area contributed by atoms with Crippen molar-refractivity contribution in [2.75, 3.05) is 6.54 Å². The van der Waals surface area contributed by atoms with E-state index in [1.54, 1.807) is 12.3 Å². The molecule has 2 aromatic rings. The van der Waals surface area contributed by atoms with Gasteiger partial charge in [0.05, 0.1) is 17.3 Å². The molecule has 0 aliphatic rings. The normalized spacial score (nSPS) is 14.2. The summed E-state index contributed by atoms with van der Waals surface area (Å²) in [7, 11) is 0. The highest BCUT2D eigenvalue weighted by Crippen LogP contribution is 2.21. The van der Waals surface area contributed by atoms with E-state index in [4.69, 9.17) is 11.6 Å². The number of hydrogen-bond donors (Lipinski definition) is 3. The summed E-state index contributed by atoms with van der Waals surface area (Å²) in [5.74, 6) is -0.526. The lowest BCUT2D eigenvalue weighted by Gasteiger charge is -2.17. The van der Waals surface area contributed by atoms with E-state index in [1.165, 1.54) is 12.1 Å². The number of benzene rings is 1. The van der Waals surface area contributed by atoms with Crippen LogP contribution in [-0.2, 0) is 0 Å². The van der Waals surface area contributed by atoms with Gasteiger partial charge in [0.25, 0.3) is 0 Å². The van der Waals surface area contributed by atoms with E-state index >= 15 is 0 Å². The van der Waals surface area contributed by atoms with Gasteiger partial charge in [-0.15, -0.1) is 0 Å². The zero-order valence-electron chi connectivity index (χ0n) is 11.3. The monoisotopic (exact) mass is 297 g/mol. The minimum absolute atomic E-state index is 0.0422. The summed E-state index contributed by atoms with van der Waals surface area (Å²) < 4.78 is 13.3. The van der Waals surface area contributed by atoms with Gasteiger partial charge in [0.1, 0.15) is 5.82 Å². The van der Waals surface area contributed by atoms with Crippen molar-refractivity contribution in [3.05, 3.63) is 52.1 Å². The zero-order chi connectivity index (χ0) is 14.7. The van der Waals surface area contributed by atoms with Crippen LogP contribution in [0.2, 0.25) is 5.02 Å². The van der Waals surface area contributed by atoms with Crippen molar-refractivity contribution in [3.63, 3.8) is 0 Å². The van der Waals surface area contributed by atoms with Crippen molar-refractivity contribution in [2.24, 2.45) is 0 Å². The lowest BCUT2D eigenvalue weighted by molar-refractivity contribution is 0.170. The quantitative estimate of drug-likeness (QED) is 0.795. The number of nitrogens with one attached hydrogen (secondary N) is 2. The number of aromatic amines is 1. The van der Waals surface area contributed by atoms with Crippen molar-refractivity contribution in [1.29, 1.82) is 0 Å². The van der Waals surface area contributed by atoms with Gasteiger partial charge in [0.15, 0.2) is 0 Å². The number of aliphatic hydroxyl groups is 1. The molecule has 0 fully saturated rings. The molecule has 0 saturated heterocycles. The number of aromatic nitrogens is 2. The molecule has 6 heteroatoms. The maximum Gasteiger partial charge on any atom is 0.142 e. The third-order valence-corrected chi connectivity index (χ3v) is 3.59. The van der Waals surface area contributed by atoms with Crippen LogP contribution in [-0.4, -0.2) is 21.8 Å². The van der Waals surface area contributed by atoms with Crippen LogP contribution in [0.3, 0.4) is 0 Å². The zero-order valence-corrected chi connectivity index (χ0v) is 12.1. The van der Waals surface area contributed by atoms with Gasteiger partial charge < -0.3 is 10.4 Å². The summed E-state index contributed by atoms with van der Waals surface area (Å²) >= 11 is 5.62. The number of aliphatic hydroxyl groups excluding tert-OH is 1. The molecule has 0 radical (unpaired) electrons. The van der Waals surface area contributed by atoms with Crippen molar-refractivity contribution in [2.45, 2.75) is 26.0 Å². The molecule has 1 aromatic carbocycles. The second-order valence-electron chi connectivity index (χ2n) is 4.77. The van der Waals surface area contributed by atoms with Gasteiger partial charge in [-0.05, 0) is 31.5 Å². The summed E-state index contributed by atoms with van der Waals surface area (Å²) in [6.45, 7) is 4.23. The number of aryl methyl sites for hydroxylation is 1. The van der Waals surface area contributed by atoms with Gasteiger partial charge in [-0.1, -0.05) is 17.7 Å². The molecule has 2 atom stereocenters. The Balaban J connectivity index is 1.96. The Labute approximate surface area is 122 Å². The number of rotatable bonds is 5. The molecule has 0 saturated carbocycles. The second-order valence-corrected chi connectivity index (χ2v) is 5.18. The number of nitrogens with zero attached hydrogens (tertiary/aromatic N) is 1. The average Bonchev–Trinajstić information content (AvgIpc) is 2.85. The van der Waals surface area contributed by atoms with Gasteiger partial charge in [-0.25, -0.2) is 4.39 Å². The Morgan fingerprint density at radius 3 is 2.85 bits per heavy atom. The molecule has 0 amide bonds. The Morgan fingerprint density at radius 2 is 2.25 bits per heavy atom. The first-order valence-electron chi connectivity index (χ1n) is 6.35. The molecule has 0 spiro atoms. The Bertz CT molecular complexity index is 588. The first-order chi connectivity index (χ1) is 9.49. The standard InChI is InChI=1S/C14H17ClFN3O/c1-8(11-6-18-19-9(11)2)17-7-14(20)10-3-4-12(15)13(16)5-10/h3-6,8,14,17,20H,7H2,1-2H3,(H,18,19). The summed E-state index contributed by atoms with van der Waals surface area (Å²) in [4.78, 5) is 0. The number of halogens is 2. The van der Waals surface area contributed by atoms with E-state index < -0.39 is 11.9 Å². The minimum atomic E-state index is -0.795. The Kier molecular flexibility index (Phi) is 4.75. The van der Waals surface area contributed by atoms with Crippen molar-refractivity contribution in [1.82, 2.24) is 15.5 Å². The molecule has 3 N–H and O–H groups in total. The lowest BCUT2D eigenvalue weighted by Crippen LogP contribution is -2.25. The van der Waals surface area contributed by atoms with E-state index in [2.05, 4.69) is 15.5 Å². The predicted octanol–water partition coefficient (Wildman–Crippen LogP) is 2.89. The van der Waals surface area contributed by atoms with Crippen LogP contribution in [0.15, 0.2) is 24.4 Å². The van der Waals surface area contributed by atoms with Gasteiger partial charge in [-0.3, -0.25) is 5.10 Å². The molecule has 0 aliphatic heterocycles. The lowest BCUT2D eigenvalue weighted by atomic mass is 10.1. The molecule has 108 valence electrons. The highest BCUT2D eigenvalue weighted by Gasteiger charge is 2.14. The summed E-state index contributed by atoms with van der Waals surface area (Å²) in [5.41, 5.74) is 2.52. The van der Waals surface area contributed by atoms with E-state index in [9.17, 15) is 9.50 Å². The highest BCUT2D eigenvalue weighted by molar-refractivity contribution is 6.30. The molecule has 4 nitrogen and oxygen atoms in total. The fraction of sp³-hybridized carbons (Fsp3) is 0.357. The SMILES string of the molecule is Cc1[nH]ncc1C(C)NCC(O)c1ccc(Cl)c(F)c1. The van der Waals surface area contributed by atoms with E-state index in [-0.39, 0.29) is 11.1 Å². The van der Waals surface area contributed by atoms with Gasteiger partial charge in [0.2, 0.25) is 0 Å². The van der Waals surface area contributed by atoms with Crippen molar-refractivity contribution in [3.8, 4) is 0 Å². The van der Waals surface area contributed by atoms with E-state index in [1.807, 2.05) is 13.8 Å².